The van der Waals surface area contributed by atoms with Gasteiger partial charge in [0.1, 0.15) is 5.60 Å². The molecule has 1 N–H and O–H groups in total. The Labute approximate surface area is 98.9 Å². The molecule has 1 aliphatic rings. The normalized spacial score (nSPS) is 26.9. The smallest absolute Gasteiger partial charge is 0.311 e. The number of carbonyl (C=O) groups is 1. The summed E-state index contributed by atoms with van der Waals surface area (Å²) in [5.74, 6) is 0.305. The molecule has 0 radical (unpaired) electrons. The second-order valence-corrected chi connectivity index (χ2v) is 6.77. The standard InChI is InChI=1S/C13H25NO2/c1-12(2,3)10-8-14-7-9(10)11(15)16-13(4,5)6/h9-10,14H,7-8H2,1-6H3. The summed E-state index contributed by atoms with van der Waals surface area (Å²) >= 11 is 0. The lowest BCUT2D eigenvalue weighted by Gasteiger charge is -2.32. The highest BCUT2D eigenvalue weighted by molar-refractivity contribution is 5.74. The summed E-state index contributed by atoms with van der Waals surface area (Å²) in [5, 5.41) is 3.29. The number of hydrogen-bond acceptors (Lipinski definition) is 3. The van der Waals surface area contributed by atoms with Crippen LogP contribution in [0, 0.1) is 17.3 Å². The zero-order valence-electron chi connectivity index (χ0n) is 11.4. The van der Waals surface area contributed by atoms with Crippen LogP contribution in [0.5, 0.6) is 0 Å². The van der Waals surface area contributed by atoms with Crippen molar-refractivity contribution in [2.24, 2.45) is 17.3 Å². The summed E-state index contributed by atoms with van der Waals surface area (Å²) in [7, 11) is 0. The number of rotatable bonds is 1. The van der Waals surface area contributed by atoms with Crippen LogP contribution >= 0.6 is 0 Å². The Morgan fingerprint density at radius 2 is 1.69 bits per heavy atom. The number of nitrogens with one attached hydrogen (secondary N) is 1. The lowest BCUT2D eigenvalue weighted by Crippen LogP contribution is -2.36. The Hall–Kier alpha value is -0.570. The number of hydrogen-bond donors (Lipinski definition) is 1. The first-order valence-corrected chi connectivity index (χ1v) is 6.05. The van der Waals surface area contributed by atoms with E-state index in [1.54, 1.807) is 0 Å². The molecule has 2 atom stereocenters. The first-order chi connectivity index (χ1) is 7.11. The maximum atomic E-state index is 12.1. The van der Waals surface area contributed by atoms with Crippen LogP contribution in [-0.2, 0) is 9.53 Å². The van der Waals surface area contributed by atoms with E-state index >= 15 is 0 Å². The van der Waals surface area contributed by atoms with Crippen LogP contribution in [0.2, 0.25) is 0 Å². The molecule has 3 heteroatoms. The van der Waals surface area contributed by atoms with Crippen molar-refractivity contribution in [3.05, 3.63) is 0 Å². The molecule has 0 aromatic heterocycles. The van der Waals surface area contributed by atoms with Gasteiger partial charge in [-0.3, -0.25) is 4.79 Å². The minimum atomic E-state index is -0.387. The third kappa shape index (κ3) is 3.48. The van der Waals surface area contributed by atoms with E-state index in [2.05, 4.69) is 26.1 Å². The van der Waals surface area contributed by atoms with Crippen molar-refractivity contribution in [2.75, 3.05) is 13.1 Å². The Bertz CT molecular complexity index is 260. The number of ether oxygens (including phenoxy) is 1. The van der Waals surface area contributed by atoms with Gasteiger partial charge in [0.25, 0.3) is 0 Å². The monoisotopic (exact) mass is 227 g/mol. The fourth-order valence-electron chi connectivity index (χ4n) is 2.21. The van der Waals surface area contributed by atoms with Crippen molar-refractivity contribution in [1.29, 1.82) is 0 Å². The second kappa shape index (κ2) is 4.36. The molecule has 1 aliphatic heterocycles. The molecule has 0 aromatic rings. The van der Waals surface area contributed by atoms with Gasteiger partial charge in [-0.15, -0.1) is 0 Å². The van der Waals surface area contributed by atoms with E-state index in [0.717, 1.165) is 13.1 Å². The van der Waals surface area contributed by atoms with Crippen LogP contribution in [0.4, 0.5) is 0 Å². The van der Waals surface area contributed by atoms with Gasteiger partial charge >= 0.3 is 5.97 Å². The van der Waals surface area contributed by atoms with E-state index in [-0.39, 0.29) is 22.9 Å². The predicted molar refractivity (Wildman–Crippen MR) is 65.1 cm³/mol. The molecular weight excluding hydrogens is 202 g/mol. The fourth-order valence-corrected chi connectivity index (χ4v) is 2.21. The molecule has 1 fully saturated rings. The molecule has 1 saturated heterocycles. The van der Waals surface area contributed by atoms with Crippen molar-refractivity contribution in [1.82, 2.24) is 5.32 Å². The van der Waals surface area contributed by atoms with Crippen LogP contribution in [-0.4, -0.2) is 24.7 Å². The van der Waals surface area contributed by atoms with Gasteiger partial charge in [0, 0.05) is 6.54 Å². The topological polar surface area (TPSA) is 38.3 Å². The van der Waals surface area contributed by atoms with Gasteiger partial charge in [-0.1, -0.05) is 20.8 Å². The summed E-state index contributed by atoms with van der Waals surface area (Å²) in [5.41, 5.74) is -0.243. The average Bonchev–Trinajstić information content (AvgIpc) is 2.45. The molecular formula is C13H25NO2. The zero-order valence-corrected chi connectivity index (χ0v) is 11.4. The lowest BCUT2D eigenvalue weighted by atomic mass is 9.75. The summed E-state index contributed by atoms with van der Waals surface area (Å²) in [6.07, 6.45) is 0. The summed E-state index contributed by atoms with van der Waals surface area (Å²) in [4.78, 5) is 12.1. The third-order valence-corrected chi connectivity index (χ3v) is 3.04. The SMILES string of the molecule is CC(C)(C)OC(=O)C1CNCC1C(C)(C)C. The predicted octanol–water partition coefficient (Wildman–Crippen LogP) is 2.21. The molecule has 0 saturated carbocycles. The van der Waals surface area contributed by atoms with Crippen molar-refractivity contribution in [2.45, 2.75) is 47.1 Å². The largest absolute Gasteiger partial charge is 0.460 e. The quantitative estimate of drug-likeness (QED) is 0.698. The second-order valence-electron chi connectivity index (χ2n) is 6.77. The zero-order chi connectivity index (χ0) is 12.6. The summed E-state index contributed by atoms with van der Waals surface area (Å²) in [6.45, 7) is 14.0. The van der Waals surface area contributed by atoms with E-state index in [9.17, 15) is 4.79 Å². The number of esters is 1. The first kappa shape index (κ1) is 13.5. The molecule has 0 aromatic carbocycles. The van der Waals surface area contributed by atoms with E-state index < -0.39 is 0 Å². The third-order valence-electron chi connectivity index (χ3n) is 3.04. The molecule has 16 heavy (non-hydrogen) atoms. The van der Waals surface area contributed by atoms with Crippen LogP contribution < -0.4 is 5.32 Å². The highest BCUT2D eigenvalue weighted by Crippen LogP contribution is 2.35. The average molecular weight is 227 g/mol. The van der Waals surface area contributed by atoms with E-state index in [1.807, 2.05) is 20.8 Å². The molecule has 0 bridgehead atoms. The molecule has 1 heterocycles. The van der Waals surface area contributed by atoms with Crippen LogP contribution in [0.3, 0.4) is 0 Å². The van der Waals surface area contributed by atoms with Gasteiger partial charge in [-0.05, 0) is 38.6 Å². The van der Waals surface area contributed by atoms with Crippen molar-refractivity contribution < 1.29 is 9.53 Å². The molecule has 2 unspecified atom stereocenters. The molecule has 3 nitrogen and oxygen atoms in total. The van der Waals surface area contributed by atoms with Crippen molar-refractivity contribution >= 4 is 5.97 Å². The van der Waals surface area contributed by atoms with Crippen molar-refractivity contribution in [3.8, 4) is 0 Å². The first-order valence-electron chi connectivity index (χ1n) is 6.05. The van der Waals surface area contributed by atoms with Crippen molar-refractivity contribution in [3.63, 3.8) is 0 Å². The van der Waals surface area contributed by atoms with Gasteiger partial charge in [0.2, 0.25) is 0 Å². The van der Waals surface area contributed by atoms with E-state index in [4.69, 9.17) is 4.74 Å². The summed E-state index contributed by atoms with van der Waals surface area (Å²) in [6, 6.07) is 0. The Kier molecular flexibility index (Phi) is 3.68. The molecule has 94 valence electrons. The lowest BCUT2D eigenvalue weighted by molar-refractivity contribution is -0.162. The Balaban J connectivity index is 2.69. The van der Waals surface area contributed by atoms with Gasteiger partial charge in [-0.25, -0.2) is 0 Å². The van der Waals surface area contributed by atoms with E-state index in [1.165, 1.54) is 0 Å². The van der Waals surface area contributed by atoms with Crippen LogP contribution in [0.15, 0.2) is 0 Å². The number of carbonyl (C=O) groups excluding carboxylic acids is 1. The Morgan fingerprint density at radius 1 is 1.12 bits per heavy atom. The van der Waals surface area contributed by atoms with Gasteiger partial charge < -0.3 is 10.1 Å². The van der Waals surface area contributed by atoms with Crippen LogP contribution in [0.25, 0.3) is 0 Å². The molecule has 1 rings (SSSR count). The molecule has 0 spiro atoms. The fraction of sp³-hybridized carbons (Fsp3) is 0.923. The summed E-state index contributed by atoms with van der Waals surface area (Å²) < 4.78 is 5.47. The highest BCUT2D eigenvalue weighted by Gasteiger charge is 2.41. The molecule has 0 amide bonds. The highest BCUT2D eigenvalue weighted by atomic mass is 16.6. The van der Waals surface area contributed by atoms with Gasteiger partial charge in [0.15, 0.2) is 0 Å². The Morgan fingerprint density at radius 3 is 2.12 bits per heavy atom. The minimum Gasteiger partial charge on any atom is -0.460 e. The van der Waals surface area contributed by atoms with E-state index in [0.29, 0.717) is 5.92 Å². The van der Waals surface area contributed by atoms with Gasteiger partial charge in [-0.2, -0.15) is 0 Å². The maximum absolute atomic E-state index is 12.1. The van der Waals surface area contributed by atoms with Crippen LogP contribution in [0.1, 0.15) is 41.5 Å². The molecule has 0 aliphatic carbocycles. The van der Waals surface area contributed by atoms with Gasteiger partial charge in [0.05, 0.1) is 5.92 Å². The maximum Gasteiger partial charge on any atom is 0.311 e. The minimum absolute atomic E-state index is 0.000718.